The van der Waals surface area contributed by atoms with Gasteiger partial charge in [0.15, 0.2) is 5.69 Å². The number of aryl methyl sites for hydroxylation is 1. The molecule has 11 heteroatoms. The summed E-state index contributed by atoms with van der Waals surface area (Å²) in [6.45, 7) is 4.15. The summed E-state index contributed by atoms with van der Waals surface area (Å²) in [6, 6.07) is 7.25. The molecule has 1 fully saturated rings. The summed E-state index contributed by atoms with van der Waals surface area (Å²) in [5, 5.41) is 27.1. The second-order valence-electron chi connectivity index (χ2n) is 8.80. The average Bonchev–Trinajstić information content (AvgIpc) is 3.17. The lowest BCUT2D eigenvalue weighted by Crippen LogP contribution is -2.42. The molecule has 3 aromatic rings. The highest BCUT2D eigenvalue weighted by Gasteiger charge is 2.35. The first kappa shape index (κ1) is 23.9. The van der Waals surface area contributed by atoms with Gasteiger partial charge >= 0.3 is 6.18 Å². The van der Waals surface area contributed by atoms with Crippen molar-refractivity contribution in [3.8, 4) is 23.1 Å². The number of hydrogen-bond acceptors (Lipinski definition) is 7. The average molecular weight is 474 g/mol. The topological polar surface area (TPSA) is 100 Å². The van der Waals surface area contributed by atoms with E-state index in [2.05, 4.69) is 20.2 Å². The van der Waals surface area contributed by atoms with E-state index >= 15 is 0 Å². The Balaban J connectivity index is 1.51. The number of rotatable bonds is 6. The van der Waals surface area contributed by atoms with Gasteiger partial charge in [-0.1, -0.05) is 5.21 Å². The van der Waals surface area contributed by atoms with Crippen molar-refractivity contribution in [3.05, 3.63) is 35.5 Å². The summed E-state index contributed by atoms with van der Waals surface area (Å²) in [5.41, 5.74) is -0.336. The van der Waals surface area contributed by atoms with Crippen molar-refractivity contribution in [1.82, 2.24) is 24.9 Å². The molecule has 0 radical (unpaired) electrons. The molecule has 1 aromatic carbocycles. The molecule has 2 aromatic heterocycles. The van der Waals surface area contributed by atoms with Crippen LogP contribution < -0.4 is 4.74 Å². The van der Waals surface area contributed by atoms with E-state index in [1.807, 2.05) is 13.0 Å². The molecule has 0 aliphatic carbocycles. The van der Waals surface area contributed by atoms with Crippen molar-refractivity contribution < 1.29 is 23.0 Å². The number of fused-ring (bicyclic) bond motifs is 1. The molecule has 1 N–H and O–H groups in total. The third-order valence-corrected chi connectivity index (χ3v) is 6.10. The van der Waals surface area contributed by atoms with Crippen LogP contribution >= 0.6 is 0 Å². The number of ether oxygens (including phenoxy) is 1. The number of nitriles is 1. The number of aromatic nitrogens is 4. The predicted molar refractivity (Wildman–Crippen MR) is 118 cm³/mol. The Kier molecular flexibility index (Phi) is 6.47. The van der Waals surface area contributed by atoms with Gasteiger partial charge in [-0.3, -0.25) is 0 Å². The van der Waals surface area contributed by atoms with Crippen molar-refractivity contribution >= 4 is 11.0 Å². The fraction of sp³-hybridized carbons (Fsp3) is 0.478. The Hall–Kier alpha value is -3.23. The van der Waals surface area contributed by atoms with Gasteiger partial charge in [0.25, 0.3) is 0 Å². The maximum atomic E-state index is 13.8. The van der Waals surface area contributed by atoms with E-state index in [0.717, 1.165) is 19.2 Å². The Labute approximate surface area is 194 Å². The lowest BCUT2D eigenvalue weighted by atomic mass is 9.94. The number of alkyl halides is 3. The van der Waals surface area contributed by atoms with Crippen LogP contribution in [0.3, 0.4) is 0 Å². The molecule has 1 aliphatic rings. The van der Waals surface area contributed by atoms with E-state index in [1.165, 1.54) is 16.8 Å². The molecule has 0 amide bonds. The highest BCUT2D eigenvalue weighted by Crippen LogP contribution is 2.39. The summed E-state index contributed by atoms with van der Waals surface area (Å²) < 4.78 is 48.4. The summed E-state index contributed by atoms with van der Waals surface area (Å²) >= 11 is 0. The van der Waals surface area contributed by atoms with E-state index in [4.69, 9.17) is 4.74 Å². The molecule has 34 heavy (non-hydrogen) atoms. The molecule has 3 heterocycles. The van der Waals surface area contributed by atoms with Gasteiger partial charge in [-0.05, 0) is 50.5 Å². The molecule has 0 atom stereocenters. The quantitative estimate of drug-likeness (QED) is 0.546. The zero-order valence-electron chi connectivity index (χ0n) is 18.9. The van der Waals surface area contributed by atoms with Crippen LogP contribution in [0.4, 0.5) is 13.2 Å². The number of hydrogen-bond donors (Lipinski definition) is 1. The van der Waals surface area contributed by atoms with Gasteiger partial charge in [0.2, 0.25) is 0 Å². The SMILES string of the molecule is Cn1nnc2c(C#N)nc(-c3ccc(OCCCN4CCC(C)(O)CC4)c(C(F)(F)F)c3)cc21. The number of halogens is 3. The second-order valence-corrected chi connectivity index (χ2v) is 8.80. The monoisotopic (exact) mass is 474 g/mol. The molecule has 0 spiro atoms. The molecule has 1 aliphatic heterocycles. The van der Waals surface area contributed by atoms with Crippen molar-refractivity contribution in [1.29, 1.82) is 5.26 Å². The highest BCUT2D eigenvalue weighted by molar-refractivity contribution is 5.83. The fourth-order valence-electron chi connectivity index (χ4n) is 4.02. The first-order chi connectivity index (χ1) is 16.1. The molecule has 180 valence electrons. The number of pyridine rings is 1. The smallest absolute Gasteiger partial charge is 0.419 e. The summed E-state index contributed by atoms with van der Waals surface area (Å²) in [6.07, 6.45) is -2.70. The molecule has 0 bridgehead atoms. The standard InChI is InChI=1S/C23H25F3N6O2/c1-22(33)6-9-32(10-7-22)8-3-11-34-20-5-4-15(12-16(20)23(24,25)26)17-13-19-21(18(14-27)28-17)29-30-31(19)2/h4-5,12-13,33H,3,6-11H2,1-2H3. The molecular formula is C23H25F3N6O2. The minimum atomic E-state index is -4.62. The van der Waals surface area contributed by atoms with Gasteiger partial charge in [0.1, 0.15) is 17.3 Å². The Bertz CT molecular complexity index is 1220. The zero-order valence-corrected chi connectivity index (χ0v) is 18.9. The van der Waals surface area contributed by atoms with Gasteiger partial charge in [-0.2, -0.15) is 18.4 Å². The summed E-state index contributed by atoms with van der Waals surface area (Å²) in [5.74, 6) is -0.249. The van der Waals surface area contributed by atoms with Crippen LogP contribution in [0.15, 0.2) is 24.3 Å². The van der Waals surface area contributed by atoms with Crippen LogP contribution in [-0.4, -0.2) is 61.8 Å². The first-order valence-electron chi connectivity index (χ1n) is 11.0. The maximum absolute atomic E-state index is 13.8. The van der Waals surface area contributed by atoms with Crippen molar-refractivity contribution in [2.45, 2.75) is 38.0 Å². The molecule has 0 unspecified atom stereocenters. The van der Waals surface area contributed by atoms with Crippen LogP contribution in [0.25, 0.3) is 22.3 Å². The van der Waals surface area contributed by atoms with Crippen molar-refractivity contribution in [3.63, 3.8) is 0 Å². The lowest BCUT2D eigenvalue weighted by molar-refractivity contribution is -0.138. The predicted octanol–water partition coefficient (Wildman–Crippen LogP) is 3.54. The van der Waals surface area contributed by atoms with E-state index < -0.39 is 17.3 Å². The number of nitrogens with zero attached hydrogens (tertiary/aromatic N) is 6. The van der Waals surface area contributed by atoms with Crippen LogP contribution in [0.1, 0.15) is 37.4 Å². The van der Waals surface area contributed by atoms with Gasteiger partial charge in [0.05, 0.1) is 29.0 Å². The van der Waals surface area contributed by atoms with Crippen LogP contribution in [-0.2, 0) is 13.2 Å². The van der Waals surface area contributed by atoms with Crippen molar-refractivity contribution in [2.24, 2.45) is 7.05 Å². The van der Waals surface area contributed by atoms with Gasteiger partial charge in [-0.25, -0.2) is 9.67 Å². The molecular weight excluding hydrogens is 449 g/mol. The minimum absolute atomic E-state index is 0.00582. The third kappa shape index (κ3) is 5.13. The van der Waals surface area contributed by atoms with Crippen molar-refractivity contribution in [2.75, 3.05) is 26.2 Å². The number of likely N-dealkylation sites (tertiary alicyclic amines) is 1. The number of piperidine rings is 1. The molecule has 1 saturated heterocycles. The highest BCUT2D eigenvalue weighted by atomic mass is 19.4. The maximum Gasteiger partial charge on any atom is 0.419 e. The summed E-state index contributed by atoms with van der Waals surface area (Å²) in [7, 11) is 1.63. The zero-order chi connectivity index (χ0) is 24.5. The second kappa shape index (κ2) is 9.19. The first-order valence-corrected chi connectivity index (χ1v) is 11.0. The molecule has 4 rings (SSSR count). The fourth-order valence-corrected chi connectivity index (χ4v) is 4.02. The van der Waals surface area contributed by atoms with Gasteiger partial charge in [-0.15, -0.1) is 5.10 Å². The van der Waals surface area contributed by atoms with E-state index in [0.29, 0.717) is 36.8 Å². The third-order valence-electron chi connectivity index (χ3n) is 6.10. The lowest BCUT2D eigenvalue weighted by Gasteiger charge is -2.35. The Morgan fingerprint density at radius 2 is 1.97 bits per heavy atom. The number of benzene rings is 1. The Morgan fingerprint density at radius 1 is 1.24 bits per heavy atom. The normalized spacial score (nSPS) is 16.5. The largest absolute Gasteiger partial charge is 0.493 e. The van der Waals surface area contributed by atoms with Gasteiger partial charge in [0, 0.05) is 32.2 Å². The molecule has 8 nitrogen and oxygen atoms in total. The number of aliphatic hydroxyl groups is 1. The Morgan fingerprint density at radius 3 is 2.65 bits per heavy atom. The molecule has 0 saturated carbocycles. The van der Waals surface area contributed by atoms with Gasteiger partial charge < -0.3 is 14.7 Å². The summed E-state index contributed by atoms with van der Waals surface area (Å²) in [4.78, 5) is 6.36. The van der Waals surface area contributed by atoms with Crippen LogP contribution in [0.2, 0.25) is 0 Å². The van der Waals surface area contributed by atoms with E-state index in [1.54, 1.807) is 13.1 Å². The van der Waals surface area contributed by atoms with Crippen LogP contribution in [0.5, 0.6) is 5.75 Å². The van der Waals surface area contributed by atoms with E-state index in [-0.39, 0.29) is 29.3 Å². The van der Waals surface area contributed by atoms with E-state index in [9.17, 15) is 23.5 Å². The minimum Gasteiger partial charge on any atom is -0.493 e. The van der Waals surface area contributed by atoms with Crippen LogP contribution in [0, 0.1) is 11.3 Å².